The van der Waals surface area contributed by atoms with E-state index in [0.29, 0.717) is 51.9 Å². The molecule has 0 aliphatic rings. The molecule has 13 heteroatoms. The molecule has 9 nitrogen and oxygen atoms in total. The van der Waals surface area contributed by atoms with Crippen molar-refractivity contribution in [3.8, 4) is 5.75 Å². The highest BCUT2D eigenvalue weighted by Gasteiger charge is 2.31. The molecular weight excluding hydrogens is 509 g/mol. The number of aryl methyl sites for hydroxylation is 1. The number of thiazole rings is 1. The second kappa shape index (κ2) is 10.7. The number of nitrogens with zero attached hydrogens (tertiary/aromatic N) is 4. The van der Waals surface area contributed by atoms with Crippen LogP contribution in [0.2, 0.25) is 0 Å². The summed E-state index contributed by atoms with van der Waals surface area (Å²) in [6.07, 6.45) is -3.95. The first-order chi connectivity index (χ1) is 17.5. The predicted octanol–water partition coefficient (Wildman–Crippen LogP) is 4.47. The van der Waals surface area contributed by atoms with E-state index in [1.807, 2.05) is 14.1 Å². The Morgan fingerprint density at radius 2 is 1.89 bits per heavy atom. The summed E-state index contributed by atoms with van der Waals surface area (Å²) in [5, 5.41) is 6.34. The smallest absolute Gasteiger partial charge is 0.406 e. The van der Waals surface area contributed by atoms with Crippen LogP contribution in [0.15, 0.2) is 36.4 Å². The Balaban J connectivity index is 1.43. The average Bonchev–Trinajstić information content (AvgIpc) is 3.34. The number of Topliss-reactive ketones (excluding diaryl/α,β-unsaturated/α-hetero) is 1. The Morgan fingerprint density at radius 1 is 1.11 bits per heavy atom. The fourth-order valence-electron chi connectivity index (χ4n) is 3.70. The number of carbonyl (C=O) groups excluding carboxylic acids is 2. The zero-order valence-corrected chi connectivity index (χ0v) is 21.2. The van der Waals surface area contributed by atoms with Crippen molar-refractivity contribution >= 4 is 55.4 Å². The van der Waals surface area contributed by atoms with E-state index in [2.05, 4.69) is 25.3 Å². The van der Waals surface area contributed by atoms with Gasteiger partial charge in [-0.25, -0.2) is 9.97 Å². The summed E-state index contributed by atoms with van der Waals surface area (Å²) < 4.78 is 43.8. The lowest BCUT2D eigenvalue weighted by Crippen LogP contribution is -2.33. The lowest BCUT2D eigenvalue weighted by Gasteiger charge is -2.09. The maximum atomic E-state index is 12.6. The number of hydrogen-bond donors (Lipinski definition) is 2. The Labute approximate surface area is 214 Å². The van der Waals surface area contributed by atoms with Crippen LogP contribution >= 0.6 is 11.3 Å². The third kappa shape index (κ3) is 6.74. The summed E-state index contributed by atoms with van der Waals surface area (Å²) in [6.45, 7) is 0.718. The Morgan fingerprint density at radius 3 is 2.62 bits per heavy atom. The largest absolute Gasteiger partial charge is 0.573 e. The predicted molar refractivity (Wildman–Crippen MR) is 135 cm³/mol. The Kier molecular flexibility index (Phi) is 7.64. The molecule has 37 heavy (non-hydrogen) atoms. The summed E-state index contributed by atoms with van der Waals surface area (Å²) in [6, 6.07) is 9.21. The molecule has 196 valence electrons. The number of ketones is 1. The second-order valence-electron chi connectivity index (χ2n) is 8.63. The molecule has 0 bridgehead atoms. The fourth-order valence-corrected chi connectivity index (χ4v) is 4.59. The van der Waals surface area contributed by atoms with E-state index in [0.717, 1.165) is 5.52 Å². The van der Waals surface area contributed by atoms with Gasteiger partial charge in [0.05, 0.1) is 27.8 Å². The van der Waals surface area contributed by atoms with Gasteiger partial charge in [0.25, 0.3) is 0 Å². The zero-order chi connectivity index (χ0) is 26.7. The molecule has 2 N–H and O–H groups in total. The minimum atomic E-state index is -4.77. The van der Waals surface area contributed by atoms with Crippen LogP contribution in [0.25, 0.3) is 21.3 Å². The molecule has 2 heterocycles. The van der Waals surface area contributed by atoms with Crippen LogP contribution in [0.5, 0.6) is 5.75 Å². The van der Waals surface area contributed by atoms with Gasteiger partial charge >= 0.3 is 6.36 Å². The fraction of sp³-hybridized carbons (Fsp3) is 0.333. The third-order valence-electron chi connectivity index (χ3n) is 5.38. The number of carbonyl (C=O) groups is 2. The molecule has 4 aromatic rings. The highest BCUT2D eigenvalue weighted by atomic mass is 32.1. The van der Waals surface area contributed by atoms with Gasteiger partial charge in [-0.1, -0.05) is 11.3 Å². The highest BCUT2D eigenvalue weighted by Crippen LogP contribution is 2.33. The van der Waals surface area contributed by atoms with Gasteiger partial charge in [0.1, 0.15) is 5.75 Å². The number of nitrogens with one attached hydrogen (secondary N) is 2. The summed E-state index contributed by atoms with van der Waals surface area (Å²) in [5.74, 6) is 0.0164. The number of fused-ring (bicyclic) bond motifs is 2. The van der Waals surface area contributed by atoms with Crippen LogP contribution in [-0.4, -0.2) is 64.7 Å². The van der Waals surface area contributed by atoms with Crippen LogP contribution in [0.4, 0.5) is 24.3 Å². The van der Waals surface area contributed by atoms with Gasteiger partial charge in [0, 0.05) is 31.6 Å². The van der Waals surface area contributed by atoms with E-state index in [9.17, 15) is 22.8 Å². The summed E-state index contributed by atoms with van der Waals surface area (Å²) >= 11 is 1.17. The van der Waals surface area contributed by atoms with Gasteiger partial charge in [0.15, 0.2) is 10.9 Å². The monoisotopic (exact) mass is 534 g/mol. The lowest BCUT2D eigenvalue weighted by atomic mass is 10.1. The number of ether oxygens (including phenoxy) is 1. The van der Waals surface area contributed by atoms with Crippen LogP contribution in [0.3, 0.4) is 0 Å². The molecule has 0 fully saturated rings. The molecule has 2 aromatic heterocycles. The van der Waals surface area contributed by atoms with E-state index in [1.54, 1.807) is 34.7 Å². The number of imidazole rings is 1. The second-order valence-corrected chi connectivity index (χ2v) is 9.66. The van der Waals surface area contributed by atoms with Crippen LogP contribution < -0.4 is 15.4 Å². The zero-order valence-electron chi connectivity index (χ0n) is 20.3. The molecule has 1 amide bonds. The molecule has 4 rings (SSSR count). The van der Waals surface area contributed by atoms with Gasteiger partial charge in [0.2, 0.25) is 11.9 Å². The lowest BCUT2D eigenvalue weighted by molar-refractivity contribution is -0.274. The van der Waals surface area contributed by atoms with E-state index in [-0.39, 0.29) is 23.9 Å². The molecule has 0 spiro atoms. The number of halogens is 3. The topological polar surface area (TPSA) is 101 Å². The average molecular weight is 535 g/mol. The maximum Gasteiger partial charge on any atom is 0.573 e. The molecule has 0 saturated heterocycles. The standard InChI is InChI=1S/C24H25F3N6O3S/c1-32(2)13-21(35)28-10-4-5-19(34)14-6-9-18-17(11-14)29-22(33(18)3)31-23-30-16-8-7-15(12-20(16)37-23)36-24(25,26)27/h6-9,11-12H,4-5,10,13H2,1-3H3,(H,28,35)(H,29,30,31). The number of alkyl halides is 3. The number of benzene rings is 2. The molecule has 0 atom stereocenters. The van der Waals surface area contributed by atoms with Gasteiger partial charge < -0.3 is 24.8 Å². The third-order valence-corrected chi connectivity index (χ3v) is 6.31. The number of aromatic nitrogens is 3. The van der Waals surface area contributed by atoms with Gasteiger partial charge in [-0.3, -0.25) is 9.59 Å². The van der Waals surface area contributed by atoms with Crippen LogP contribution in [0, 0.1) is 0 Å². The summed E-state index contributed by atoms with van der Waals surface area (Å²) in [5.41, 5.74) is 2.44. The van der Waals surface area contributed by atoms with E-state index in [1.165, 1.54) is 29.5 Å². The first-order valence-corrected chi connectivity index (χ1v) is 12.1. The van der Waals surface area contributed by atoms with Gasteiger partial charge in [-0.2, -0.15) is 0 Å². The SMILES string of the molecule is CN(C)CC(=O)NCCCC(=O)c1ccc2c(c1)nc(Nc1nc3ccc(OC(F)(F)F)cc3s1)n2C. The number of amides is 1. The number of anilines is 2. The number of rotatable bonds is 10. The quantitative estimate of drug-likeness (QED) is 0.229. The molecule has 0 radical (unpaired) electrons. The Bertz CT molecular complexity index is 1450. The van der Waals surface area contributed by atoms with E-state index < -0.39 is 6.36 Å². The van der Waals surface area contributed by atoms with Crippen molar-refractivity contribution in [1.82, 2.24) is 24.8 Å². The molecular formula is C24H25F3N6O3S. The highest BCUT2D eigenvalue weighted by molar-refractivity contribution is 7.22. The first kappa shape index (κ1) is 26.4. The molecule has 0 saturated carbocycles. The minimum Gasteiger partial charge on any atom is -0.406 e. The van der Waals surface area contributed by atoms with Crippen molar-refractivity contribution < 1.29 is 27.5 Å². The van der Waals surface area contributed by atoms with Crippen LogP contribution in [0.1, 0.15) is 23.2 Å². The van der Waals surface area contributed by atoms with Gasteiger partial charge in [-0.05, 0) is 50.8 Å². The normalized spacial score (nSPS) is 11.9. The van der Waals surface area contributed by atoms with Crippen molar-refractivity contribution in [1.29, 1.82) is 0 Å². The summed E-state index contributed by atoms with van der Waals surface area (Å²) in [4.78, 5) is 35.1. The van der Waals surface area contributed by atoms with Gasteiger partial charge in [-0.15, -0.1) is 13.2 Å². The van der Waals surface area contributed by atoms with Crippen molar-refractivity contribution in [3.05, 3.63) is 42.0 Å². The molecule has 0 unspecified atom stereocenters. The van der Waals surface area contributed by atoms with E-state index >= 15 is 0 Å². The molecule has 2 aromatic carbocycles. The minimum absolute atomic E-state index is 0.0491. The van der Waals surface area contributed by atoms with E-state index in [4.69, 9.17) is 0 Å². The van der Waals surface area contributed by atoms with Crippen LogP contribution in [-0.2, 0) is 11.8 Å². The van der Waals surface area contributed by atoms with Crippen molar-refractivity contribution in [3.63, 3.8) is 0 Å². The number of likely N-dealkylation sites (N-methyl/N-ethyl adjacent to an activating group) is 1. The van der Waals surface area contributed by atoms with Crippen molar-refractivity contribution in [2.75, 3.05) is 32.5 Å². The molecule has 0 aliphatic carbocycles. The number of hydrogen-bond acceptors (Lipinski definition) is 8. The first-order valence-electron chi connectivity index (χ1n) is 11.3. The Hall–Kier alpha value is -3.71. The molecule has 0 aliphatic heterocycles. The summed E-state index contributed by atoms with van der Waals surface area (Å²) in [7, 11) is 5.42. The van der Waals surface area contributed by atoms with Crippen molar-refractivity contribution in [2.24, 2.45) is 7.05 Å². The maximum absolute atomic E-state index is 12.6. The van der Waals surface area contributed by atoms with Crippen molar-refractivity contribution in [2.45, 2.75) is 19.2 Å².